The third kappa shape index (κ3) is 2.96. The SMILES string of the molecule is COC(=O)c1c(Br)ccc(Br)c1C(=O)O.Cl. The summed E-state index contributed by atoms with van der Waals surface area (Å²) < 4.78 is 5.23. The molecule has 16 heavy (non-hydrogen) atoms. The molecule has 0 aliphatic heterocycles. The molecule has 0 aromatic heterocycles. The zero-order valence-corrected chi connectivity index (χ0v) is 12.0. The van der Waals surface area contributed by atoms with Crippen LogP contribution >= 0.6 is 44.3 Å². The van der Waals surface area contributed by atoms with E-state index in [1.54, 1.807) is 12.1 Å². The predicted octanol–water partition coefficient (Wildman–Crippen LogP) is 3.12. The van der Waals surface area contributed by atoms with Gasteiger partial charge in [0.25, 0.3) is 0 Å². The second-order valence-corrected chi connectivity index (χ2v) is 4.28. The minimum absolute atomic E-state index is 0. The van der Waals surface area contributed by atoms with Crippen LogP contribution in [-0.4, -0.2) is 24.2 Å². The van der Waals surface area contributed by atoms with Crippen molar-refractivity contribution in [3.8, 4) is 0 Å². The fraction of sp³-hybridized carbons (Fsp3) is 0.111. The molecule has 1 aromatic carbocycles. The standard InChI is InChI=1S/C9H6Br2O4.ClH/c1-15-9(14)7-5(11)3-2-4(10)6(7)8(12)13;/h2-3H,1H3,(H,12,13);1H. The zero-order chi connectivity index (χ0) is 11.6. The topological polar surface area (TPSA) is 63.6 Å². The third-order valence-corrected chi connectivity index (χ3v) is 3.03. The third-order valence-electron chi connectivity index (χ3n) is 1.71. The van der Waals surface area contributed by atoms with E-state index in [1.165, 1.54) is 7.11 Å². The summed E-state index contributed by atoms with van der Waals surface area (Å²) in [4.78, 5) is 22.3. The van der Waals surface area contributed by atoms with Crippen molar-refractivity contribution in [1.82, 2.24) is 0 Å². The van der Waals surface area contributed by atoms with E-state index in [0.717, 1.165) is 0 Å². The first-order valence-electron chi connectivity index (χ1n) is 3.78. The van der Waals surface area contributed by atoms with Gasteiger partial charge in [0, 0.05) is 8.95 Å². The molecule has 1 aromatic rings. The summed E-state index contributed by atoms with van der Waals surface area (Å²) in [6.45, 7) is 0. The van der Waals surface area contributed by atoms with Gasteiger partial charge in [-0.1, -0.05) is 0 Å². The van der Waals surface area contributed by atoms with Gasteiger partial charge in [0.15, 0.2) is 0 Å². The van der Waals surface area contributed by atoms with E-state index >= 15 is 0 Å². The number of methoxy groups -OCH3 is 1. The number of rotatable bonds is 2. The van der Waals surface area contributed by atoms with Crippen LogP contribution in [0.1, 0.15) is 20.7 Å². The van der Waals surface area contributed by atoms with Gasteiger partial charge in [-0.05, 0) is 44.0 Å². The molecule has 0 fully saturated rings. The second-order valence-electron chi connectivity index (χ2n) is 2.58. The lowest BCUT2D eigenvalue weighted by molar-refractivity contribution is 0.0581. The van der Waals surface area contributed by atoms with Crippen molar-refractivity contribution in [3.05, 3.63) is 32.2 Å². The molecule has 88 valence electrons. The van der Waals surface area contributed by atoms with Crippen molar-refractivity contribution < 1.29 is 19.4 Å². The van der Waals surface area contributed by atoms with Crippen LogP contribution in [0.3, 0.4) is 0 Å². The average molecular weight is 374 g/mol. The number of halogens is 3. The Morgan fingerprint density at radius 2 is 1.62 bits per heavy atom. The molecule has 1 N–H and O–H groups in total. The van der Waals surface area contributed by atoms with Gasteiger partial charge in [-0.15, -0.1) is 12.4 Å². The smallest absolute Gasteiger partial charge is 0.339 e. The molecule has 0 bridgehead atoms. The average Bonchev–Trinajstić information content (AvgIpc) is 2.19. The Labute approximate surface area is 115 Å². The van der Waals surface area contributed by atoms with Gasteiger partial charge in [0.1, 0.15) is 0 Å². The summed E-state index contributed by atoms with van der Waals surface area (Å²) in [5.41, 5.74) is -0.115. The Morgan fingerprint density at radius 1 is 1.19 bits per heavy atom. The quantitative estimate of drug-likeness (QED) is 0.808. The summed E-state index contributed by atoms with van der Waals surface area (Å²) >= 11 is 6.18. The van der Waals surface area contributed by atoms with E-state index < -0.39 is 11.9 Å². The second kappa shape index (κ2) is 6.22. The highest BCUT2D eigenvalue weighted by molar-refractivity contribution is 9.11. The first-order valence-corrected chi connectivity index (χ1v) is 5.37. The van der Waals surface area contributed by atoms with Crippen LogP contribution < -0.4 is 0 Å². The Balaban J connectivity index is 0.00000225. The molecule has 0 radical (unpaired) electrons. The van der Waals surface area contributed by atoms with Crippen LogP contribution in [0.25, 0.3) is 0 Å². The molecule has 4 nitrogen and oxygen atoms in total. The lowest BCUT2D eigenvalue weighted by Crippen LogP contribution is -2.11. The van der Waals surface area contributed by atoms with Gasteiger partial charge in [0.2, 0.25) is 0 Å². The maximum Gasteiger partial charge on any atom is 0.339 e. The summed E-state index contributed by atoms with van der Waals surface area (Å²) in [6.07, 6.45) is 0. The molecular formula is C9H7Br2ClO4. The van der Waals surface area contributed by atoms with Crippen LogP contribution in [-0.2, 0) is 4.74 Å². The number of carbonyl (C=O) groups is 2. The lowest BCUT2D eigenvalue weighted by atomic mass is 10.1. The Hall–Kier alpha value is -0.590. The van der Waals surface area contributed by atoms with Gasteiger partial charge < -0.3 is 9.84 Å². The molecule has 0 unspecified atom stereocenters. The highest BCUT2D eigenvalue weighted by atomic mass is 79.9. The van der Waals surface area contributed by atoms with E-state index in [9.17, 15) is 9.59 Å². The van der Waals surface area contributed by atoms with Crippen LogP contribution in [0.2, 0.25) is 0 Å². The molecule has 0 aliphatic rings. The maximum atomic E-state index is 11.4. The van der Waals surface area contributed by atoms with E-state index in [-0.39, 0.29) is 23.5 Å². The van der Waals surface area contributed by atoms with Crippen LogP contribution in [0, 0.1) is 0 Å². The number of benzene rings is 1. The van der Waals surface area contributed by atoms with Crippen molar-refractivity contribution in [2.24, 2.45) is 0 Å². The number of carboxylic acid groups (broad SMARTS) is 1. The Kier molecular flexibility index (Phi) is 5.99. The van der Waals surface area contributed by atoms with Gasteiger partial charge in [-0.25, -0.2) is 9.59 Å². The van der Waals surface area contributed by atoms with Crippen molar-refractivity contribution in [2.45, 2.75) is 0 Å². The Bertz CT molecular complexity index is 434. The van der Waals surface area contributed by atoms with Crippen LogP contribution in [0.15, 0.2) is 21.1 Å². The molecule has 0 spiro atoms. The van der Waals surface area contributed by atoms with Crippen molar-refractivity contribution in [2.75, 3.05) is 7.11 Å². The van der Waals surface area contributed by atoms with Crippen molar-refractivity contribution in [1.29, 1.82) is 0 Å². The number of hydrogen-bond donors (Lipinski definition) is 1. The van der Waals surface area contributed by atoms with Gasteiger partial charge in [-0.2, -0.15) is 0 Å². The summed E-state index contributed by atoms with van der Waals surface area (Å²) in [5.74, 6) is -1.89. The first kappa shape index (κ1) is 15.4. The van der Waals surface area contributed by atoms with Crippen LogP contribution in [0.4, 0.5) is 0 Å². The summed E-state index contributed by atoms with van der Waals surface area (Å²) in [7, 11) is 1.20. The van der Waals surface area contributed by atoms with Crippen molar-refractivity contribution >= 4 is 56.2 Å². The van der Waals surface area contributed by atoms with E-state index in [0.29, 0.717) is 8.95 Å². The van der Waals surface area contributed by atoms with Crippen LogP contribution in [0.5, 0.6) is 0 Å². The van der Waals surface area contributed by atoms with E-state index in [4.69, 9.17) is 5.11 Å². The number of aromatic carboxylic acids is 1. The van der Waals surface area contributed by atoms with E-state index in [1.807, 2.05) is 0 Å². The number of ether oxygens (including phenoxy) is 1. The summed E-state index contributed by atoms with van der Waals surface area (Å²) in [6, 6.07) is 3.11. The molecule has 0 atom stereocenters. The summed E-state index contributed by atoms with van der Waals surface area (Å²) in [5, 5.41) is 8.96. The lowest BCUT2D eigenvalue weighted by Gasteiger charge is -2.08. The molecule has 0 amide bonds. The molecule has 0 heterocycles. The normalized spacial score (nSPS) is 9.19. The zero-order valence-electron chi connectivity index (χ0n) is 7.99. The van der Waals surface area contributed by atoms with Gasteiger partial charge in [0.05, 0.1) is 18.2 Å². The molecule has 0 aliphatic carbocycles. The monoisotopic (exact) mass is 372 g/mol. The fourth-order valence-corrected chi connectivity index (χ4v) is 2.05. The maximum absolute atomic E-state index is 11.4. The molecular weight excluding hydrogens is 367 g/mol. The minimum Gasteiger partial charge on any atom is -0.478 e. The molecule has 0 saturated heterocycles. The Morgan fingerprint density at radius 3 is 2.00 bits per heavy atom. The van der Waals surface area contributed by atoms with Gasteiger partial charge >= 0.3 is 11.9 Å². The molecule has 0 saturated carbocycles. The molecule has 7 heteroatoms. The predicted molar refractivity (Wildman–Crippen MR) is 67.4 cm³/mol. The van der Waals surface area contributed by atoms with Gasteiger partial charge in [-0.3, -0.25) is 0 Å². The van der Waals surface area contributed by atoms with E-state index in [2.05, 4.69) is 36.6 Å². The number of carbonyl (C=O) groups excluding carboxylic acids is 1. The fourth-order valence-electron chi connectivity index (χ4n) is 1.06. The minimum atomic E-state index is -1.19. The highest BCUT2D eigenvalue weighted by Crippen LogP contribution is 2.28. The largest absolute Gasteiger partial charge is 0.478 e. The first-order chi connectivity index (χ1) is 6.99. The van der Waals surface area contributed by atoms with Crippen molar-refractivity contribution in [3.63, 3.8) is 0 Å². The number of carboxylic acids is 1. The number of esters is 1. The highest BCUT2D eigenvalue weighted by Gasteiger charge is 2.23. The number of hydrogen-bond acceptors (Lipinski definition) is 3. The molecule has 1 rings (SSSR count).